The molecule has 0 radical (unpaired) electrons. The monoisotopic (exact) mass is 382 g/mol. The fourth-order valence-electron chi connectivity index (χ4n) is 4.08. The number of rotatable bonds is 2. The Balaban J connectivity index is 1.81. The molecule has 3 aliphatic rings. The van der Waals surface area contributed by atoms with Gasteiger partial charge in [-0.15, -0.1) is 0 Å². The van der Waals surface area contributed by atoms with E-state index in [9.17, 15) is 0 Å². The summed E-state index contributed by atoms with van der Waals surface area (Å²) in [4.78, 5) is 6.90. The van der Waals surface area contributed by atoms with Crippen LogP contribution in [0.3, 0.4) is 0 Å². The quantitative estimate of drug-likeness (QED) is 0.553. The molecule has 2 aromatic rings. The van der Waals surface area contributed by atoms with Crippen LogP contribution in [-0.4, -0.2) is 35.7 Å². The highest BCUT2D eigenvalue weighted by molar-refractivity contribution is 6.31. The van der Waals surface area contributed by atoms with Gasteiger partial charge in [0.15, 0.2) is 0 Å². The van der Waals surface area contributed by atoms with Gasteiger partial charge in [-0.3, -0.25) is 0 Å². The standard InChI is InChI=1S/C21H20ClFN4/c1-2-26-12-16-14-9-13(22)3-4-18(14)25-21(16)15-10-17(23)20(11-19(15)26)27-7-5-24-6-8-27/h3-4,9-12,24H,2,5-8H2,1H3. The van der Waals surface area contributed by atoms with E-state index in [0.29, 0.717) is 10.7 Å². The second-order valence-electron chi connectivity index (χ2n) is 7.01. The summed E-state index contributed by atoms with van der Waals surface area (Å²) in [5.74, 6) is -0.190. The van der Waals surface area contributed by atoms with Gasteiger partial charge in [0.05, 0.1) is 22.4 Å². The van der Waals surface area contributed by atoms with E-state index < -0.39 is 0 Å². The summed E-state index contributed by atoms with van der Waals surface area (Å²) in [6.45, 7) is 6.28. The zero-order valence-electron chi connectivity index (χ0n) is 15.1. The lowest BCUT2D eigenvalue weighted by atomic mass is 10.0. The molecule has 0 unspecified atom stereocenters. The van der Waals surface area contributed by atoms with Crippen LogP contribution >= 0.6 is 11.6 Å². The third-order valence-electron chi connectivity index (χ3n) is 5.45. The fraction of sp³-hybridized carbons (Fsp3) is 0.286. The highest BCUT2D eigenvalue weighted by atomic mass is 35.5. The average molecular weight is 383 g/mol. The Bertz CT molecular complexity index is 1130. The van der Waals surface area contributed by atoms with E-state index in [4.69, 9.17) is 16.6 Å². The predicted octanol–water partition coefficient (Wildman–Crippen LogP) is 4.52. The van der Waals surface area contributed by atoms with E-state index in [1.54, 1.807) is 6.07 Å². The molecule has 0 amide bonds. The van der Waals surface area contributed by atoms with Crippen molar-refractivity contribution < 1.29 is 4.39 Å². The van der Waals surface area contributed by atoms with Gasteiger partial charge in [-0.2, -0.15) is 0 Å². The predicted molar refractivity (Wildman–Crippen MR) is 110 cm³/mol. The molecular formula is C21H20ClFN4. The molecule has 138 valence electrons. The third-order valence-corrected chi connectivity index (χ3v) is 5.68. The van der Waals surface area contributed by atoms with Gasteiger partial charge >= 0.3 is 0 Å². The number of aromatic nitrogens is 2. The number of piperazine rings is 1. The van der Waals surface area contributed by atoms with Gasteiger partial charge in [0.1, 0.15) is 5.82 Å². The van der Waals surface area contributed by atoms with Crippen molar-refractivity contribution in [2.24, 2.45) is 0 Å². The Morgan fingerprint density at radius 1 is 1.15 bits per heavy atom. The molecule has 6 heteroatoms. The second-order valence-corrected chi connectivity index (χ2v) is 7.44. The molecule has 0 atom stereocenters. The van der Waals surface area contributed by atoms with E-state index in [-0.39, 0.29) is 5.82 Å². The maximum atomic E-state index is 15.1. The fourth-order valence-corrected chi connectivity index (χ4v) is 4.25. The van der Waals surface area contributed by atoms with Crippen LogP contribution in [0.5, 0.6) is 0 Å². The number of nitrogens with one attached hydrogen (secondary N) is 1. The van der Waals surface area contributed by atoms with Crippen LogP contribution in [0.15, 0.2) is 36.5 Å². The van der Waals surface area contributed by atoms with E-state index in [1.165, 1.54) is 0 Å². The molecule has 1 saturated heterocycles. The molecule has 0 saturated carbocycles. The van der Waals surface area contributed by atoms with Crippen LogP contribution in [0.4, 0.5) is 10.1 Å². The number of hydrogen-bond acceptors (Lipinski definition) is 3. The number of fused-ring (bicyclic) bond motifs is 5. The van der Waals surface area contributed by atoms with Crippen molar-refractivity contribution in [3.8, 4) is 11.3 Å². The molecule has 2 aromatic carbocycles. The molecule has 1 N–H and O–H groups in total. The lowest BCUT2D eigenvalue weighted by Gasteiger charge is -2.30. The first-order chi connectivity index (χ1) is 13.2. The molecule has 0 aliphatic carbocycles. The Morgan fingerprint density at radius 3 is 2.74 bits per heavy atom. The van der Waals surface area contributed by atoms with Gasteiger partial charge in [0.25, 0.3) is 0 Å². The summed E-state index contributed by atoms with van der Waals surface area (Å²) in [7, 11) is 0. The summed E-state index contributed by atoms with van der Waals surface area (Å²) in [6, 6.07) is 9.32. The van der Waals surface area contributed by atoms with E-state index in [1.807, 2.05) is 24.3 Å². The molecule has 0 bridgehead atoms. The van der Waals surface area contributed by atoms with Crippen molar-refractivity contribution >= 4 is 39.1 Å². The lowest BCUT2D eigenvalue weighted by Crippen LogP contribution is -2.43. The van der Waals surface area contributed by atoms with Crippen molar-refractivity contribution in [2.45, 2.75) is 13.5 Å². The van der Waals surface area contributed by atoms with Crippen molar-refractivity contribution in [2.75, 3.05) is 31.1 Å². The molecule has 0 aromatic heterocycles. The highest BCUT2D eigenvalue weighted by Crippen LogP contribution is 2.39. The van der Waals surface area contributed by atoms with Crippen LogP contribution in [0.25, 0.3) is 33.1 Å². The Labute approximate surface area is 161 Å². The maximum Gasteiger partial charge on any atom is 0.147 e. The van der Waals surface area contributed by atoms with Gasteiger partial charge in [-0.1, -0.05) is 11.6 Å². The van der Waals surface area contributed by atoms with Crippen molar-refractivity contribution in [3.05, 3.63) is 47.4 Å². The zero-order chi connectivity index (χ0) is 18.5. The number of benzene rings is 2. The molecule has 4 nitrogen and oxygen atoms in total. The molecule has 3 heterocycles. The number of pyridine rings is 1. The minimum atomic E-state index is -0.190. The van der Waals surface area contributed by atoms with Crippen LogP contribution < -0.4 is 10.2 Å². The lowest BCUT2D eigenvalue weighted by molar-refractivity contribution is 0.567. The third kappa shape index (κ3) is 2.65. The first-order valence-corrected chi connectivity index (χ1v) is 9.70. The summed E-state index contributed by atoms with van der Waals surface area (Å²) < 4.78 is 17.2. The molecule has 1 fully saturated rings. The van der Waals surface area contributed by atoms with Crippen molar-refractivity contribution in [1.82, 2.24) is 14.9 Å². The van der Waals surface area contributed by atoms with Gasteiger partial charge < -0.3 is 14.8 Å². The van der Waals surface area contributed by atoms with Crippen LogP contribution in [0, 0.1) is 5.82 Å². The SMILES string of the molecule is CCn1cc2c3cc(Cl)ccc3nc-2c2cc(F)c(N3CCNCC3)cc21. The van der Waals surface area contributed by atoms with Crippen LogP contribution in [0.2, 0.25) is 5.02 Å². The molecule has 3 aliphatic heterocycles. The number of halogens is 2. The van der Waals surface area contributed by atoms with Crippen molar-refractivity contribution in [1.29, 1.82) is 0 Å². The van der Waals surface area contributed by atoms with E-state index in [0.717, 1.165) is 65.8 Å². The van der Waals surface area contributed by atoms with Gasteiger partial charge in [0, 0.05) is 60.3 Å². The minimum absolute atomic E-state index is 0.190. The van der Waals surface area contributed by atoms with Gasteiger partial charge in [0.2, 0.25) is 0 Å². The van der Waals surface area contributed by atoms with Crippen LogP contribution in [-0.2, 0) is 6.54 Å². The van der Waals surface area contributed by atoms with Gasteiger partial charge in [-0.25, -0.2) is 9.37 Å². The molecular weight excluding hydrogens is 363 g/mol. The Morgan fingerprint density at radius 2 is 1.96 bits per heavy atom. The number of nitrogens with zero attached hydrogens (tertiary/aromatic N) is 3. The van der Waals surface area contributed by atoms with Gasteiger partial charge in [-0.05, 0) is 37.3 Å². The maximum absolute atomic E-state index is 15.1. The largest absolute Gasteiger partial charge is 0.367 e. The zero-order valence-corrected chi connectivity index (χ0v) is 15.9. The smallest absolute Gasteiger partial charge is 0.147 e. The summed E-state index contributed by atoms with van der Waals surface area (Å²) >= 11 is 6.19. The van der Waals surface area contributed by atoms with Crippen LogP contribution in [0.1, 0.15) is 6.92 Å². The topological polar surface area (TPSA) is 33.1 Å². The Kier molecular flexibility index (Phi) is 3.95. The second kappa shape index (κ2) is 6.36. The highest BCUT2D eigenvalue weighted by Gasteiger charge is 2.21. The van der Waals surface area contributed by atoms with E-state index in [2.05, 4.69) is 27.9 Å². The van der Waals surface area contributed by atoms with E-state index >= 15 is 4.39 Å². The molecule has 27 heavy (non-hydrogen) atoms. The average Bonchev–Trinajstić information content (AvgIpc) is 3.05. The first-order valence-electron chi connectivity index (χ1n) is 9.32. The summed E-state index contributed by atoms with van der Waals surface area (Å²) in [5.41, 5.74) is 4.41. The minimum Gasteiger partial charge on any atom is -0.367 e. The van der Waals surface area contributed by atoms with Crippen molar-refractivity contribution in [3.63, 3.8) is 0 Å². The molecule has 5 rings (SSSR count). The summed E-state index contributed by atoms with van der Waals surface area (Å²) in [6.07, 6.45) is 2.11. The number of anilines is 1. The first kappa shape index (κ1) is 16.8. The number of hydrogen-bond donors (Lipinski definition) is 1. The Hall–Kier alpha value is -2.37. The number of aryl methyl sites for hydroxylation is 1. The normalized spacial score (nSPS) is 15.3. The molecule has 0 spiro atoms. The summed E-state index contributed by atoms with van der Waals surface area (Å²) in [5, 5.41) is 5.85.